The average molecular weight is 319 g/mol. The van der Waals surface area contributed by atoms with Gasteiger partial charge in [0, 0.05) is 17.5 Å². The fraction of sp³-hybridized carbons (Fsp3) is 0.357. The fourth-order valence-corrected chi connectivity index (χ4v) is 3.17. The lowest BCUT2D eigenvalue weighted by molar-refractivity contribution is 0.830. The van der Waals surface area contributed by atoms with E-state index in [0.717, 1.165) is 35.8 Å². The van der Waals surface area contributed by atoms with Crippen LogP contribution in [-0.2, 0) is 0 Å². The van der Waals surface area contributed by atoms with Crippen molar-refractivity contribution in [1.29, 1.82) is 0 Å². The van der Waals surface area contributed by atoms with Crippen LogP contribution in [0.1, 0.15) is 12.8 Å². The lowest BCUT2D eigenvalue weighted by Crippen LogP contribution is -2.06. The third-order valence-electron chi connectivity index (χ3n) is 3.12. The first kappa shape index (κ1) is 14.3. The van der Waals surface area contributed by atoms with E-state index in [1.807, 2.05) is 35.3 Å². The normalized spacial score (nSPS) is 11.1. The van der Waals surface area contributed by atoms with Crippen molar-refractivity contribution in [2.75, 3.05) is 23.9 Å². The van der Waals surface area contributed by atoms with Crippen molar-refractivity contribution in [3.63, 3.8) is 0 Å². The van der Waals surface area contributed by atoms with Gasteiger partial charge in [-0.25, -0.2) is 0 Å². The van der Waals surface area contributed by atoms with E-state index >= 15 is 0 Å². The monoisotopic (exact) mass is 319 g/mol. The summed E-state index contributed by atoms with van der Waals surface area (Å²) in [6, 6.07) is 5.93. The molecule has 0 atom stereocenters. The van der Waals surface area contributed by atoms with Gasteiger partial charge in [-0.1, -0.05) is 0 Å². The molecule has 0 fully saturated rings. The van der Waals surface area contributed by atoms with Crippen molar-refractivity contribution >= 4 is 34.6 Å². The summed E-state index contributed by atoms with van der Waals surface area (Å²) < 4.78 is 1.80. The molecule has 3 heterocycles. The first-order valence-corrected chi connectivity index (χ1v) is 9.20. The zero-order valence-electron chi connectivity index (χ0n) is 11.8. The highest BCUT2D eigenvalue weighted by Crippen LogP contribution is 2.20. The summed E-state index contributed by atoms with van der Waals surface area (Å²) in [5.74, 6) is 2.86. The molecule has 0 radical (unpaired) electrons. The maximum Gasteiger partial charge on any atom is 0.186 e. The van der Waals surface area contributed by atoms with Gasteiger partial charge < -0.3 is 5.32 Å². The zero-order chi connectivity index (χ0) is 14.5. The number of fused-ring (bicyclic) bond motifs is 1. The number of hydrogen-bond acceptors (Lipinski definition) is 6. The summed E-state index contributed by atoms with van der Waals surface area (Å²) in [5.41, 5.74) is 1.82. The molecule has 0 saturated carbocycles. The van der Waals surface area contributed by atoms with Gasteiger partial charge in [0.05, 0.1) is 0 Å². The van der Waals surface area contributed by atoms with Gasteiger partial charge in [0.1, 0.15) is 5.82 Å². The number of thioether (sulfide) groups is 1. The Morgan fingerprint density at radius 2 is 2.19 bits per heavy atom. The quantitative estimate of drug-likeness (QED) is 0.676. The van der Waals surface area contributed by atoms with Gasteiger partial charge in [0.15, 0.2) is 11.5 Å². The van der Waals surface area contributed by atoms with Crippen molar-refractivity contribution in [3.05, 3.63) is 29.0 Å². The minimum Gasteiger partial charge on any atom is -0.369 e. The molecule has 3 aromatic heterocycles. The van der Waals surface area contributed by atoms with E-state index in [2.05, 4.69) is 32.2 Å². The number of rotatable bonds is 7. The molecule has 0 aromatic carbocycles. The van der Waals surface area contributed by atoms with E-state index in [1.54, 1.807) is 15.9 Å². The number of nitrogens with zero attached hydrogens (tertiary/aromatic N) is 4. The summed E-state index contributed by atoms with van der Waals surface area (Å²) in [4.78, 5) is 0. The minimum atomic E-state index is 0.768. The molecule has 5 nitrogen and oxygen atoms in total. The Morgan fingerprint density at radius 1 is 1.24 bits per heavy atom. The second-order valence-electron chi connectivity index (χ2n) is 4.65. The van der Waals surface area contributed by atoms with Crippen LogP contribution >= 0.6 is 23.1 Å². The van der Waals surface area contributed by atoms with E-state index in [9.17, 15) is 0 Å². The van der Waals surface area contributed by atoms with Crippen molar-refractivity contribution in [2.45, 2.75) is 12.8 Å². The van der Waals surface area contributed by atoms with Crippen LogP contribution in [0.15, 0.2) is 29.0 Å². The molecule has 110 valence electrons. The molecule has 21 heavy (non-hydrogen) atoms. The van der Waals surface area contributed by atoms with Gasteiger partial charge in [0.25, 0.3) is 0 Å². The van der Waals surface area contributed by atoms with Crippen LogP contribution < -0.4 is 5.32 Å². The molecule has 0 aliphatic heterocycles. The molecule has 0 unspecified atom stereocenters. The highest BCUT2D eigenvalue weighted by Gasteiger charge is 2.09. The predicted molar refractivity (Wildman–Crippen MR) is 90.2 cm³/mol. The summed E-state index contributed by atoms with van der Waals surface area (Å²) >= 11 is 3.53. The highest BCUT2D eigenvalue weighted by atomic mass is 32.2. The standard InChI is InChI=1S/C14H17N5S2/c1-20-8-3-2-7-15-12-4-5-13-16-17-14(19(13)18-12)11-6-9-21-10-11/h4-6,9-10H,2-3,7-8H2,1H3,(H,15,18). The largest absolute Gasteiger partial charge is 0.369 e. The van der Waals surface area contributed by atoms with Crippen LogP contribution in [0.5, 0.6) is 0 Å². The van der Waals surface area contributed by atoms with Gasteiger partial charge >= 0.3 is 0 Å². The Bertz CT molecular complexity index is 693. The van der Waals surface area contributed by atoms with Crippen LogP contribution in [0.2, 0.25) is 0 Å². The summed E-state index contributed by atoms with van der Waals surface area (Å²) in [5, 5.41) is 20.4. The first-order chi connectivity index (χ1) is 10.4. The number of thiophene rings is 1. The first-order valence-electron chi connectivity index (χ1n) is 6.86. The average Bonchev–Trinajstić information content (AvgIpc) is 3.15. The molecule has 0 spiro atoms. The molecule has 7 heteroatoms. The third kappa shape index (κ3) is 3.36. The SMILES string of the molecule is CSCCCCNc1ccc2nnc(-c3ccsc3)n2n1. The molecule has 0 amide bonds. The second-order valence-corrected chi connectivity index (χ2v) is 6.42. The van der Waals surface area contributed by atoms with E-state index in [0.29, 0.717) is 0 Å². The number of aromatic nitrogens is 4. The van der Waals surface area contributed by atoms with Crippen LogP contribution in [0.3, 0.4) is 0 Å². The van der Waals surface area contributed by atoms with Crippen molar-refractivity contribution in [3.8, 4) is 11.4 Å². The zero-order valence-corrected chi connectivity index (χ0v) is 13.5. The Labute approximate surface area is 131 Å². The maximum absolute atomic E-state index is 4.59. The molecule has 0 aliphatic rings. The molecule has 0 saturated heterocycles. The van der Waals surface area contributed by atoms with Gasteiger partial charge in [-0.3, -0.25) is 0 Å². The Morgan fingerprint density at radius 3 is 3.00 bits per heavy atom. The van der Waals surface area contributed by atoms with Crippen LogP contribution in [0.25, 0.3) is 17.0 Å². The number of hydrogen-bond donors (Lipinski definition) is 1. The van der Waals surface area contributed by atoms with Crippen molar-refractivity contribution in [1.82, 2.24) is 19.8 Å². The fourth-order valence-electron chi connectivity index (χ4n) is 2.04. The Kier molecular flexibility index (Phi) is 4.72. The second kappa shape index (κ2) is 6.91. The van der Waals surface area contributed by atoms with Crippen molar-refractivity contribution < 1.29 is 0 Å². The number of unbranched alkanes of at least 4 members (excludes halogenated alkanes) is 1. The number of anilines is 1. The van der Waals surface area contributed by atoms with Gasteiger partial charge in [-0.15, -0.1) is 15.3 Å². The molecule has 1 N–H and O–H groups in total. The third-order valence-corrected chi connectivity index (χ3v) is 4.50. The summed E-state index contributed by atoms with van der Waals surface area (Å²) in [7, 11) is 0. The van der Waals surface area contributed by atoms with Crippen LogP contribution in [0, 0.1) is 0 Å². The van der Waals surface area contributed by atoms with Gasteiger partial charge in [-0.2, -0.15) is 27.6 Å². The lowest BCUT2D eigenvalue weighted by Gasteiger charge is -2.05. The van der Waals surface area contributed by atoms with Crippen LogP contribution in [-0.4, -0.2) is 38.4 Å². The molecular weight excluding hydrogens is 302 g/mol. The van der Waals surface area contributed by atoms with Gasteiger partial charge in [0.2, 0.25) is 0 Å². The Hall–Kier alpha value is -1.60. The van der Waals surface area contributed by atoms with Gasteiger partial charge in [-0.05, 0) is 48.4 Å². The molecule has 3 aromatic rings. The van der Waals surface area contributed by atoms with Crippen molar-refractivity contribution in [2.24, 2.45) is 0 Å². The summed E-state index contributed by atoms with van der Waals surface area (Å²) in [6.07, 6.45) is 4.52. The molecule has 3 rings (SSSR count). The molecule has 0 aliphatic carbocycles. The molecular formula is C14H17N5S2. The lowest BCUT2D eigenvalue weighted by atomic mass is 10.3. The molecule has 0 bridgehead atoms. The predicted octanol–water partition coefficient (Wildman–Crippen LogP) is 3.41. The topological polar surface area (TPSA) is 55.1 Å². The highest BCUT2D eigenvalue weighted by molar-refractivity contribution is 7.98. The van der Waals surface area contributed by atoms with E-state index in [1.165, 1.54) is 12.2 Å². The van der Waals surface area contributed by atoms with E-state index < -0.39 is 0 Å². The smallest absolute Gasteiger partial charge is 0.186 e. The van der Waals surface area contributed by atoms with Crippen LogP contribution in [0.4, 0.5) is 5.82 Å². The van der Waals surface area contributed by atoms with E-state index in [4.69, 9.17) is 0 Å². The van der Waals surface area contributed by atoms with E-state index in [-0.39, 0.29) is 0 Å². The number of nitrogens with one attached hydrogen (secondary N) is 1. The maximum atomic E-state index is 4.59. The Balaban J connectivity index is 1.74. The summed E-state index contributed by atoms with van der Waals surface area (Å²) in [6.45, 7) is 0.939. The minimum absolute atomic E-state index is 0.768.